The highest BCUT2D eigenvalue weighted by atomic mass is 14.4. The van der Waals surface area contributed by atoms with Crippen LogP contribution in [-0.2, 0) is 0 Å². The Labute approximate surface area is 77.3 Å². The molecule has 3 rings (SSSR count). The molecule has 0 N–H and O–H groups in total. The lowest BCUT2D eigenvalue weighted by Gasteiger charge is -2.09. The molecule has 0 amide bonds. The Morgan fingerprint density at radius 3 is 2.69 bits per heavy atom. The van der Waals surface area contributed by atoms with Gasteiger partial charge in [0.1, 0.15) is 0 Å². The minimum absolute atomic E-state index is 0.591. The number of hydrogen-bond acceptors (Lipinski definition) is 1. The molecule has 0 unspecified atom stereocenters. The summed E-state index contributed by atoms with van der Waals surface area (Å²) in [5.74, 6) is 1.22. The molecule has 2 aliphatic carbocycles. The number of nitrogens with zero attached hydrogens (tertiary/aromatic N) is 1. The van der Waals surface area contributed by atoms with E-state index in [0.29, 0.717) is 11.8 Å². The van der Waals surface area contributed by atoms with Crippen molar-refractivity contribution in [2.75, 3.05) is 0 Å². The first-order valence-corrected chi connectivity index (χ1v) is 4.61. The second-order valence-electron chi connectivity index (χ2n) is 3.79. The zero-order chi connectivity index (χ0) is 8.84. The molecule has 0 aromatic heterocycles. The van der Waals surface area contributed by atoms with Crippen LogP contribution in [0.3, 0.4) is 0 Å². The Kier molecular flexibility index (Phi) is 1.19. The lowest BCUT2D eigenvalue weighted by atomic mass is 9.95. The minimum atomic E-state index is 0.591. The normalized spacial score (nSPS) is 27.3. The first-order valence-electron chi connectivity index (χ1n) is 4.61. The van der Waals surface area contributed by atoms with Gasteiger partial charge in [0, 0.05) is 11.8 Å². The molecular formula is C12H9N. The summed E-state index contributed by atoms with van der Waals surface area (Å²) in [6.07, 6.45) is 5.79. The highest BCUT2D eigenvalue weighted by molar-refractivity contribution is 5.51. The van der Waals surface area contributed by atoms with Gasteiger partial charge in [0.15, 0.2) is 0 Å². The van der Waals surface area contributed by atoms with Crippen molar-refractivity contribution in [2.24, 2.45) is 0 Å². The van der Waals surface area contributed by atoms with E-state index in [1.54, 1.807) is 0 Å². The lowest BCUT2D eigenvalue weighted by molar-refractivity contribution is 0.804. The Hall–Kier alpha value is -1.55. The quantitative estimate of drug-likeness (QED) is 0.545. The molecule has 13 heavy (non-hydrogen) atoms. The second kappa shape index (κ2) is 2.23. The van der Waals surface area contributed by atoms with Gasteiger partial charge in [-0.05, 0) is 29.7 Å². The fourth-order valence-electron chi connectivity index (χ4n) is 2.46. The number of allylic oxidation sites excluding steroid dienone is 2. The van der Waals surface area contributed by atoms with Gasteiger partial charge in [-0.15, -0.1) is 0 Å². The molecular weight excluding hydrogens is 158 g/mol. The summed E-state index contributed by atoms with van der Waals surface area (Å²) in [7, 11) is 0. The smallest absolute Gasteiger partial charge is 0.0991 e. The van der Waals surface area contributed by atoms with Crippen molar-refractivity contribution in [2.45, 2.75) is 18.3 Å². The van der Waals surface area contributed by atoms with Gasteiger partial charge in [0.05, 0.1) is 11.6 Å². The summed E-state index contributed by atoms with van der Waals surface area (Å²) >= 11 is 0. The standard InChI is InChI=1S/C12H9N/c13-7-8-1-4-11-9-2-3-10(6-9)12(11)5-8/h1-5,9-10H,6H2/t9-,10-/m0/s1. The van der Waals surface area contributed by atoms with E-state index in [1.165, 1.54) is 17.5 Å². The molecule has 0 aliphatic heterocycles. The van der Waals surface area contributed by atoms with Crippen molar-refractivity contribution in [1.82, 2.24) is 0 Å². The van der Waals surface area contributed by atoms with E-state index < -0.39 is 0 Å². The van der Waals surface area contributed by atoms with Gasteiger partial charge in [-0.2, -0.15) is 5.26 Å². The van der Waals surface area contributed by atoms with Gasteiger partial charge < -0.3 is 0 Å². The van der Waals surface area contributed by atoms with Gasteiger partial charge in [0.2, 0.25) is 0 Å². The van der Waals surface area contributed by atoms with E-state index in [2.05, 4.69) is 24.3 Å². The van der Waals surface area contributed by atoms with Crippen LogP contribution in [-0.4, -0.2) is 0 Å². The maximum atomic E-state index is 8.77. The second-order valence-corrected chi connectivity index (χ2v) is 3.79. The molecule has 0 saturated heterocycles. The third-order valence-corrected chi connectivity index (χ3v) is 3.10. The highest BCUT2D eigenvalue weighted by Crippen LogP contribution is 2.48. The monoisotopic (exact) mass is 167 g/mol. The predicted octanol–water partition coefficient (Wildman–Crippen LogP) is 2.70. The topological polar surface area (TPSA) is 23.8 Å². The van der Waals surface area contributed by atoms with Crippen molar-refractivity contribution in [3.8, 4) is 6.07 Å². The summed E-state index contributed by atoms with van der Waals surface area (Å²) in [4.78, 5) is 0. The number of benzene rings is 1. The maximum Gasteiger partial charge on any atom is 0.0991 e. The molecule has 0 saturated carbocycles. The van der Waals surface area contributed by atoms with Crippen LogP contribution in [0.5, 0.6) is 0 Å². The van der Waals surface area contributed by atoms with Crippen LogP contribution in [0.15, 0.2) is 30.4 Å². The largest absolute Gasteiger partial charge is 0.192 e. The number of rotatable bonds is 0. The molecule has 1 aromatic rings. The molecule has 62 valence electrons. The Morgan fingerprint density at radius 1 is 1.15 bits per heavy atom. The highest BCUT2D eigenvalue weighted by Gasteiger charge is 2.32. The van der Waals surface area contributed by atoms with Crippen LogP contribution in [0.4, 0.5) is 0 Å². The predicted molar refractivity (Wildman–Crippen MR) is 50.4 cm³/mol. The van der Waals surface area contributed by atoms with Crippen molar-refractivity contribution < 1.29 is 0 Å². The van der Waals surface area contributed by atoms with E-state index in [-0.39, 0.29) is 0 Å². The van der Waals surface area contributed by atoms with Gasteiger partial charge >= 0.3 is 0 Å². The first-order chi connectivity index (χ1) is 6.38. The number of nitriles is 1. The average molecular weight is 167 g/mol. The maximum absolute atomic E-state index is 8.77. The molecule has 2 bridgehead atoms. The molecule has 2 atom stereocenters. The van der Waals surface area contributed by atoms with E-state index in [1.807, 2.05) is 12.1 Å². The molecule has 1 nitrogen and oxygen atoms in total. The van der Waals surface area contributed by atoms with E-state index in [4.69, 9.17) is 5.26 Å². The zero-order valence-corrected chi connectivity index (χ0v) is 7.20. The number of hydrogen-bond donors (Lipinski definition) is 0. The average Bonchev–Trinajstić information content (AvgIpc) is 2.77. The summed E-state index contributed by atoms with van der Waals surface area (Å²) in [6, 6.07) is 8.27. The molecule has 1 heteroatoms. The Morgan fingerprint density at radius 2 is 1.92 bits per heavy atom. The Bertz CT molecular complexity index is 437. The molecule has 1 aromatic carbocycles. The van der Waals surface area contributed by atoms with Crippen molar-refractivity contribution in [1.29, 1.82) is 5.26 Å². The molecule has 0 spiro atoms. The molecule has 0 heterocycles. The fraction of sp³-hybridized carbons (Fsp3) is 0.250. The van der Waals surface area contributed by atoms with Crippen LogP contribution < -0.4 is 0 Å². The molecule has 0 fully saturated rings. The van der Waals surface area contributed by atoms with Crippen molar-refractivity contribution in [3.63, 3.8) is 0 Å². The molecule has 0 radical (unpaired) electrons. The number of fused-ring (bicyclic) bond motifs is 5. The zero-order valence-electron chi connectivity index (χ0n) is 7.20. The lowest BCUT2D eigenvalue weighted by Crippen LogP contribution is -1.92. The third kappa shape index (κ3) is 0.805. The van der Waals surface area contributed by atoms with Gasteiger partial charge in [0.25, 0.3) is 0 Å². The van der Waals surface area contributed by atoms with Gasteiger partial charge in [-0.25, -0.2) is 0 Å². The summed E-state index contributed by atoms with van der Waals surface area (Å²) in [5, 5.41) is 8.77. The van der Waals surface area contributed by atoms with Crippen LogP contribution >= 0.6 is 0 Å². The summed E-state index contributed by atoms with van der Waals surface area (Å²) in [6.45, 7) is 0. The summed E-state index contributed by atoms with van der Waals surface area (Å²) < 4.78 is 0. The van der Waals surface area contributed by atoms with Crippen molar-refractivity contribution in [3.05, 3.63) is 47.0 Å². The minimum Gasteiger partial charge on any atom is -0.192 e. The summed E-state index contributed by atoms with van der Waals surface area (Å²) in [5.41, 5.74) is 3.61. The fourth-order valence-corrected chi connectivity index (χ4v) is 2.46. The van der Waals surface area contributed by atoms with E-state index >= 15 is 0 Å². The van der Waals surface area contributed by atoms with Crippen LogP contribution in [0.2, 0.25) is 0 Å². The van der Waals surface area contributed by atoms with Gasteiger partial charge in [-0.3, -0.25) is 0 Å². The Balaban J connectivity index is 2.21. The van der Waals surface area contributed by atoms with Crippen LogP contribution in [0.1, 0.15) is 34.9 Å². The third-order valence-electron chi connectivity index (χ3n) is 3.10. The van der Waals surface area contributed by atoms with Crippen LogP contribution in [0.25, 0.3) is 0 Å². The van der Waals surface area contributed by atoms with E-state index in [9.17, 15) is 0 Å². The first kappa shape index (κ1) is 6.91. The molecule has 2 aliphatic rings. The van der Waals surface area contributed by atoms with Crippen molar-refractivity contribution >= 4 is 0 Å². The van der Waals surface area contributed by atoms with Gasteiger partial charge in [-0.1, -0.05) is 18.2 Å². The van der Waals surface area contributed by atoms with E-state index in [0.717, 1.165) is 5.56 Å². The SMILES string of the molecule is N#Cc1ccc2c(c1)[C@H]1C=C[C@H]2C1. The van der Waals surface area contributed by atoms with Crippen LogP contribution in [0, 0.1) is 11.3 Å².